The summed E-state index contributed by atoms with van der Waals surface area (Å²) in [7, 11) is 1.44. The molecule has 20 heavy (non-hydrogen) atoms. The molecular formula is C14H26N4O2. The summed E-state index contributed by atoms with van der Waals surface area (Å²) in [5.74, 6) is 0.0142. The molecule has 0 amide bonds. The first kappa shape index (κ1) is 16.8. The number of nitrogens with zero attached hydrogens (tertiary/aromatic N) is 3. The minimum Gasteiger partial charge on any atom is -0.468 e. The third-order valence-electron chi connectivity index (χ3n) is 4.22. The molecule has 1 aliphatic carbocycles. The number of esters is 1. The van der Waals surface area contributed by atoms with Crippen LogP contribution in [-0.2, 0) is 9.53 Å². The van der Waals surface area contributed by atoms with Gasteiger partial charge >= 0.3 is 5.97 Å². The normalized spacial score (nSPS) is 26.7. The number of azide groups is 1. The molecule has 1 N–H and O–H groups in total. The predicted molar refractivity (Wildman–Crippen MR) is 78.2 cm³/mol. The van der Waals surface area contributed by atoms with Crippen molar-refractivity contribution in [2.75, 3.05) is 20.2 Å². The molecule has 0 bridgehead atoms. The largest absolute Gasteiger partial charge is 0.468 e. The minimum absolute atomic E-state index is 0.0140. The lowest BCUT2D eigenvalue weighted by atomic mass is 9.62. The van der Waals surface area contributed by atoms with Gasteiger partial charge in [-0.3, -0.25) is 4.79 Å². The maximum Gasteiger partial charge on any atom is 0.326 e. The van der Waals surface area contributed by atoms with E-state index in [1.165, 1.54) is 7.11 Å². The Morgan fingerprint density at radius 3 is 2.75 bits per heavy atom. The SMILES string of the molecule is COC(=O)C1(NCCN=[N+]=[N-])CCCCC1C(C)(C)C. The summed E-state index contributed by atoms with van der Waals surface area (Å²) >= 11 is 0. The zero-order chi connectivity index (χ0) is 15.2. The van der Waals surface area contributed by atoms with Gasteiger partial charge in [0.15, 0.2) is 0 Å². The lowest BCUT2D eigenvalue weighted by Crippen LogP contribution is -2.62. The van der Waals surface area contributed by atoms with Gasteiger partial charge in [0.25, 0.3) is 0 Å². The lowest BCUT2D eigenvalue weighted by Gasteiger charge is -2.48. The van der Waals surface area contributed by atoms with Crippen LogP contribution in [0.15, 0.2) is 5.11 Å². The van der Waals surface area contributed by atoms with Gasteiger partial charge in [-0.25, -0.2) is 0 Å². The van der Waals surface area contributed by atoms with Crippen molar-refractivity contribution in [3.63, 3.8) is 0 Å². The van der Waals surface area contributed by atoms with Crippen LogP contribution in [0.1, 0.15) is 46.5 Å². The number of rotatable bonds is 5. The molecule has 1 aliphatic rings. The van der Waals surface area contributed by atoms with Crippen molar-refractivity contribution in [1.82, 2.24) is 5.32 Å². The van der Waals surface area contributed by atoms with E-state index in [-0.39, 0.29) is 17.3 Å². The highest BCUT2D eigenvalue weighted by Gasteiger charge is 2.51. The number of hydrogen-bond acceptors (Lipinski definition) is 4. The molecule has 0 radical (unpaired) electrons. The number of ether oxygens (including phenoxy) is 1. The molecule has 6 nitrogen and oxygen atoms in total. The molecule has 114 valence electrons. The van der Waals surface area contributed by atoms with Crippen LogP contribution in [0, 0.1) is 11.3 Å². The molecule has 0 saturated heterocycles. The number of nitrogens with one attached hydrogen (secondary N) is 1. The smallest absolute Gasteiger partial charge is 0.326 e. The summed E-state index contributed by atoms with van der Waals surface area (Å²) in [6.07, 6.45) is 3.93. The Kier molecular flexibility index (Phi) is 5.84. The Morgan fingerprint density at radius 2 is 2.20 bits per heavy atom. The van der Waals surface area contributed by atoms with Crippen LogP contribution in [0.5, 0.6) is 0 Å². The molecule has 0 aromatic heterocycles. The summed E-state index contributed by atoms with van der Waals surface area (Å²) < 4.78 is 5.07. The van der Waals surface area contributed by atoms with E-state index in [4.69, 9.17) is 10.3 Å². The Bertz CT molecular complexity index is 385. The second-order valence-corrected chi connectivity index (χ2v) is 6.51. The van der Waals surface area contributed by atoms with Gasteiger partial charge in [0.1, 0.15) is 5.54 Å². The summed E-state index contributed by atoms with van der Waals surface area (Å²) in [5.41, 5.74) is 7.70. The van der Waals surface area contributed by atoms with Crippen LogP contribution in [0.2, 0.25) is 0 Å². The summed E-state index contributed by atoms with van der Waals surface area (Å²) in [4.78, 5) is 15.2. The van der Waals surface area contributed by atoms with E-state index in [9.17, 15) is 4.79 Å². The van der Waals surface area contributed by atoms with Gasteiger partial charge in [-0.2, -0.15) is 0 Å². The van der Waals surface area contributed by atoms with Crippen molar-refractivity contribution < 1.29 is 9.53 Å². The standard InChI is InChI=1S/C14H26N4O2/c1-13(2,3)11-7-5-6-8-14(11,12(19)20-4)16-9-10-17-18-15/h11,16H,5-10H2,1-4H3. The molecule has 2 unspecified atom stereocenters. The van der Waals surface area contributed by atoms with Gasteiger partial charge in [0.05, 0.1) is 7.11 Å². The van der Waals surface area contributed by atoms with Gasteiger partial charge in [0.2, 0.25) is 0 Å². The maximum atomic E-state index is 12.4. The Labute approximate surface area is 120 Å². The lowest BCUT2D eigenvalue weighted by molar-refractivity contribution is -0.156. The second-order valence-electron chi connectivity index (χ2n) is 6.51. The second kappa shape index (κ2) is 6.95. The number of carbonyl (C=O) groups excluding carboxylic acids is 1. The molecule has 0 aromatic rings. The van der Waals surface area contributed by atoms with Gasteiger partial charge in [0, 0.05) is 18.0 Å². The number of methoxy groups -OCH3 is 1. The van der Waals surface area contributed by atoms with Gasteiger partial charge < -0.3 is 10.1 Å². The van der Waals surface area contributed by atoms with E-state index in [2.05, 4.69) is 36.1 Å². The van der Waals surface area contributed by atoms with Crippen LogP contribution >= 0.6 is 0 Å². The van der Waals surface area contributed by atoms with Crippen molar-refractivity contribution in [3.8, 4) is 0 Å². The summed E-state index contributed by atoms with van der Waals surface area (Å²) in [6, 6.07) is 0. The van der Waals surface area contributed by atoms with E-state index in [1.807, 2.05) is 0 Å². The fourth-order valence-corrected chi connectivity index (χ4v) is 3.43. The predicted octanol–water partition coefficient (Wildman–Crippen LogP) is 3.03. The number of carbonyl (C=O) groups is 1. The van der Waals surface area contributed by atoms with E-state index in [0.29, 0.717) is 13.1 Å². The van der Waals surface area contributed by atoms with E-state index in [0.717, 1.165) is 25.7 Å². The van der Waals surface area contributed by atoms with Crippen molar-refractivity contribution in [2.24, 2.45) is 16.4 Å². The van der Waals surface area contributed by atoms with Crippen LogP contribution in [0.25, 0.3) is 10.4 Å². The van der Waals surface area contributed by atoms with Gasteiger partial charge in [-0.1, -0.05) is 38.7 Å². The Balaban J connectivity index is 2.99. The fourth-order valence-electron chi connectivity index (χ4n) is 3.43. The molecular weight excluding hydrogens is 256 g/mol. The van der Waals surface area contributed by atoms with Crippen molar-refractivity contribution in [1.29, 1.82) is 0 Å². The quantitative estimate of drug-likeness (QED) is 0.276. The molecule has 0 spiro atoms. The maximum absolute atomic E-state index is 12.4. The van der Waals surface area contributed by atoms with Crippen LogP contribution in [0.4, 0.5) is 0 Å². The zero-order valence-electron chi connectivity index (χ0n) is 13.0. The average molecular weight is 282 g/mol. The topological polar surface area (TPSA) is 87.1 Å². The molecule has 1 rings (SSSR count). The monoisotopic (exact) mass is 282 g/mol. The molecule has 2 atom stereocenters. The van der Waals surface area contributed by atoms with Crippen LogP contribution in [0.3, 0.4) is 0 Å². The number of hydrogen-bond donors (Lipinski definition) is 1. The van der Waals surface area contributed by atoms with E-state index >= 15 is 0 Å². The highest BCUT2D eigenvalue weighted by molar-refractivity contribution is 5.81. The minimum atomic E-state index is -0.657. The van der Waals surface area contributed by atoms with Crippen LogP contribution < -0.4 is 5.32 Å². The molecule has 1 saturated carbocycles. The molecule has 0 aliphatic heterocycles. The van der Waals surface area contributed by atoms with Crippen molar-refractivity contribution in [2.45, 2.75) is 52.0 Å². The fraction of sp³-hybridized carbons (Fsp3) is 0.929. The molecule has 1 fully saturated rings. The highest BCUT2D eigenvalue weighted by atomic mass is 16.5. The first-order valence-electron chi connectivity index (χ1n) is 7.23. The first-order chi connectivity index (χ1) is 9.38. The Hall–Kier alpha value is -1.26. The van der Waals surface area contributed by atoms with Gasteiger partial charge in [-0.15, -0.1) is 0 Å². The van der Waals surface area contributed by atoms with E-state index in [1.54, 1.807) is 0 Å². The van der Waals surface area contributed by atoms with Crippen molar-refractivity contribution in [3.05, 3.63) is 10.4 Å². The Morgan fingerprint density at radius 1 is 1.50 bits per heavy atom. The third-order valence-corrected chi connectivity index (χ3v) is 4.22. The van der Waals surface area contributed by atoms with Gasteiger partial charge in [-0.05, 0) is 29.7 Å². The van der Waals surface area contributed by atoms with Crippen LogP contribution in [-0.4, -0.2) is 31.7 Å². The third kappa shape index (κ3) is 3.64. The first-order valence-corrected chi connectivity index (χ1v) is 7.23. The summed E-state index contributed by atoms with van der Waals surface area (Å²) in [6.45, 7) is 7.32. The average Bonchev–Trinajstić information content (AvgIpc) is 2.42. The zero-order valence-corrected chi connectivity index (χ0v) is 13.0. The highest BCUT2D eigenvalue weighted by Crippen LogP contribution is 2.45. The summed E-state index contributed by atoms with van der Waals surface area (Å²) in [5, 5.41) is 6.86. The van der Waals surface area contributed by atoms with E-state index < -0.39 is 5.54 Å². The van der Waals surface area contributed by atoms with Crippen molar-refractivity contribution >= 4 is 5.97 Å². The molecule has 6 heteroatoms. The molecule has 0 heterocycles. The molecule has 0 aromatic carbocycles.